The number of thiazole rings is 1. The molecular weight excluding hydrogens is 398 g/mol. The van der Waals surface area contributed by atoms with Crippen molar-refractivity contribution >= 4 is 22.4 Å². The summed E-state index contributed by atoms with van der Waals surface area (Å²) in [7, 11) is 0. The van der Waals surface area contributed by atoms with Crippen LogP contribution >= 0.6 is 11.3 Å². The van der Waals surface area contributed by atoms with Crippen LogP contribution in [0.4, 0.5) is 0 Å². The van der Waals surface area contributed by atoms with Gasteiger partial charge in [0.05, 0.1) is 24.1 Å². The maximum atomic E-state index is 13.0. The predicted molar refractivity (Wildman–Crippen MR) is 115 cm³/mol. The van der Waals surface area contributed by atoms with Gasteiger partial charge in [-0.1, -0.05) is 6.07 Å². The second kappa shape index (κ2) is 7.27. The fraction of sp³-hybridized carbons (Fsp3) is 0.143. The summed E-state index contributed by atoms with van der Waals surface area (Å²) < 4.78 is 3.25. The highest BCUT2D eigenvalue weighted by atomic mass is 32.1. The van der Waals surface area contributed by atoms with Gasteiger partial charge in [0.15, 0.2) is 16.5 Å². The van der Waals surface area contributed by atoms with Crippen LogP contribution in [0.3, 0.4) is 0 Å². The van der Waals surface area contributed by atoms with E-state index in [1.54, 1.807) is 40.2 Å². The van der Waals surface area contributed by atoms with E-state index in [0.717, 1.165) is 27.5 Å². The van der Waals surface area contributed by atoms with Crippen LogP contribution < -0.4 is 5.56 Å². The third kappa shape index (κ3) is 3.29. The summed E-state index contributed by atoms with van der Waals surface area (Å²) in [6.45, 7) is 4.39. The van der Waals surface area contributed by atoms with E-state index >= 15 is 0 Å². The Morgan fingerprint density at radius 3 is 2.57 bits per heavy atom. The average Bonchev–Trinajstić information content (AvgIpc) is 3.38. The fourth-order valence-electron chi connectivity index (χ4n) is 3.39. The summed E-state index contributed by atoms with van der Waals surface area (Å²) in [6, 6.07) is 7.90. The first-order valence-corrected chi connectivity index (χ1v) is 10.2. The molecule has 0 atom stereocenters. The number of aromatic nitrogens is 7. The Hall–Kier alpha value is -3.72. The molecule has 4 heterocycles. The molecule has 5 aromatic rings. The van der Waals surface area contributed by atoms with Crippen LogP contribution in [0.15, 0.2) is 59.4 Å². The zero-order valence-electron chi connectivity index (χ0n) is 16.4. The highest BCUT2D eigenvalue weighted by molar-refractivity contribution is 7.13. The van der Waals surface area contributed by atoms with Gasteiger partial charge >= 0.3 is 0 Å². The Kier molecular flexibility index (Phi) is 4.44. The summed E-state index contributed by atoms with van der Waals surface area (Å²) >= 11 is 1.45. The number of rotatable bonds is 4. The van der Waals surface area contributed by atoms with Crippen LogP contribution in [-0.2, 0) is 6.54 Å². The van der Waals surface area contributed by atoms with Crippen LogP contribution in [0.1, 0.15) is 16.8 Å². The Morgan fingerprint density at radius 2 is 1.80 bits per heavy atom. The number of nitrogens with zero attached hydrogens (tertiary/aromatic N) is 7. The van der Waals surface area contributed by atoms with Crippen LogP contribution in [0.5, 0.6) is 0 Å². The van der Waals surface area contributed by atoms with Gasteiger partial charge in [0, 0.05) is 17.8 Å². The van der Waals surface area contributed by atoms with Crippen molar-refractivity contribution in [2.75, 3.05) is 0 Å². The minimum atomic E-state index is -0.152. The minimum Gasteiger partial charge on any atom is -0.292 e. The van der Waals surface area contributed by atoms with Crippen molar-refractivity contribution < 1.29 is 0 Å². The second-order valence-corrected chi connectivity index (χ2v) is 7.89. The zero-order valence-corrected chi connectivity index (χ0v) is 17.2. The smallest absolute Gasteiger partial charge is 0.264 e. The van der Waals surface area contributed by atoms with E-state index in [1.165, 1.54) is 11.3 Å². The Morgan fingerprint density at radius 1 is 1.03 bits per heavy atom. The largest absolute Gasteiger partial charge is 0.292 e. The highest BCUT2D eigenvalue weighted by Gasteiger charge is 2.14. The normalized spacial score (nSPS) is 11.3. The Labute approximate surface area is 175 Å². The average molecular weight is 415 g/mol. The maximum absolute atomic E-state index is 13.0. The summed E-state index contributed by atoms with van der Waals surface area (Å²) in [4.78, 5) is 30.5. The minimum absolute atomic E-state index is 0.152. The van der Waals surface area contributed by atoms with Crippen molar-refractivity contribution in [1.82, 2.24) is 34.3 Å². The van der Waals surface area contributed by atoms with Gasteiger partial charge < -0.3 is 0 Å². The molecule has 0 bridgehead atoms. The molecule has 0 spiro atoms. The van der Waals surface area contributed by atoms with Crippen LogP contribution in [0, 0.1) is 13.8 Å². The second-order valence-electron chi connectivity index (χ2n) is 7.03. The predicted octanol–water partition coefficient (Wildman–Crippen LogP) is 3.16. The number of fused-ring (bicyclic) bond motifs is 1. The van der Waals surface area contributed by atoms with Crippen LogP contribution in [0.2, 0.25) is 0 Å². The third-order valence-electron chi connectivity index (χ3n) is 4.65. The summed E-state index contributed by atoms with van der Waals surface area (Å²) in [5.74, 6) is 0.574. The van der Waals surface area contributed by atoms with Crippen LogP contribution in [-0.4, -0.2) is 34.3 Å². The van der Waals surface area contributed by atoms with E-state index in [4.69, 9.17) is 0 Å². The molecule has 0 aliphatic heterocycles. The fourth-order valence-corrected chi connectivity index (χ4v) is 4.15. The van der Waals surface area contributed by atoms with E-state index in [-0.39, 0.29) is 5.56 Å². The lowest BCUT2D eigenvalue weighted by molar-refractivity contribution is 0.732. The molecule has 0 aliphatic carbocycles. The topological polar surface area (TPSA) is 91.4 Å². The number of aryl methyl sites for hydroxylation is 2. The molecule has 0 N–H and O–H groups in total. The lowest BCUT2D eigenvalue weighted by atomic mass is 10.1. The number of hydrogen-bond acceptors (Lipinski definition) is 7. The van der Waals surface area contributed by atoms with Gasteiger partial charge in [-0.3, -0.25) is 9.36 Å². The molecule has 9 heteroatoms. The van der Waals surface area contributed by atoms with Gasteiger partial charge in [-0.2, -0.15) is 5.10 Å². The van der Waals surface area contributed by atoms with Crippen molar-refractivity contribution in [3.8, 4) is 16.5 Å². The molecular formula is C21H17N7OS. The molecule has 0 aliphatic rings. The van der Waals surface area contributed by atoms with Crippen molar-refractivity contribution in [3.63, 3.8) is 0 Å². The first-order chi connectivity index (χ1) is 14.6. The van der Waals surface area contributed by atoms with Gasteiger partial charge in [0.25, 0.3) is 5.56 Å². The van der Waals surface area contributed by atoms with Crippen molar-refractivity contribution in [1.29, 1.82) is 0 Å². The summed E-state index contributed by atoms with van der Waals surface area (Å²) in [5, 5.41) is 7.50. The molecule has 1 aromatic carbocycles. The van der Waals surface area contributed by atoms with E-state index in [9.17, 15) is 4.79 Å². The zero-order chi connectivity index (χ0) is 20.7. The van der Waals surface area contributed by atoms with Gasteiger partial charge in [-0.15, -0.1) is 11.3 Å². The summed E-state index contributed by atoms with van der Waals surface area (Å²) in [5.41, 5.74) is 4.29. The van der Waals surface area contributed by atoms with E-state index in [0.29, 0.717) is 23.4 Å². The molecule has 8 nitrogen and oxygen atoms in total. The van der Waals surface area contributed by atoms with Gasteiger partial charge in [-0.05, 0) is 43.2 Å². The first kappa shape index (κ1) is 18.3. The Balaban J connectivity index is 1.49. The number of benzene rings is 1. The standard InChI is InChI=1S/C21H17N7OS/c1-13-6-14(2)8-16(7-13)28-19-17(9-25-28)21(29)27(12-24-19)10-15-11-30-20(26-15)18-22-4-3-5-23-18/h3-9,11-12H,10H2,1-2H3. The van der Waals surface area contributed by atoms with Crippen molar-refractivity contribution in [2.24, 2.45) is 0 Å². The maximum Gasteiger partial charge on any atom is 0.264 e. The van der Waals surface area contributed by atoms with E-state index in [1.807, 2.05) is 31.4 Å². The van der Waals surface area contributed by atoms with E-state index in [2.05, 4.69) is 31.1 Å². The molecule has 0 saturated heterocycles. The molecule has 0 fully saturated rings. The monoisotopic (exact) mass is 415 g/mol. The molecule has 4 aromatic heterocycles. The van der Waals surface area contributed by atoms with Crippen molar-refractivity contribution in [2.45, 2.75) is 20.4 Å². The molecule has 30 heavy (non-hydrogen) atoms. The van der Waals surface area contributed by atoms with Crippen molar-refractivity contribution in [3.05, 3.63) is 81.7 Å². The SMILES string of the molecule is Cc1cc(C)cc(-n2ncc3c(=O)n(Cc4csc(-c5ncccn5)n4)cnc32)c1. The molecule has 0 amide bonds. The molecule has 0 unspecified atom stereocenters. The first-order valence-electron chi connectivity index (χ1n) is 9.32. The molecule has 0 saturated carbocycles. The van der Waals surface area contributed by atoms with E-state index < -0.39 is 0 Å². The molecule has 148 valence electrons. The molecule has 0 radical (unpaired) electrons. The van der Waals surface area contributed by atoms with Gasteiger partial charge in [-0.25, -0.2) is 24.6 Å². The Bertz CT molecular complexity index is 1400. The molecule has 5 rings (SSSR count). The van der Waals surface area contributed by atoms with Gasteiger partial charge in [0.1, 0.15) is 11.7 Å². The lowest BCUT2D eigenvalue weighted by Gasteiger charge is -2.07. The van der Waals surface area contributed by atoms with Crippen LogP contribution in [0.25, 0.3) is 27.6 Å². The third-order valence-corrected chi connectivity index (χ3v) is 5.53. The quantitative estimate of drug-likeness (QED) is 0.448. The highest BCUT2D eigenvalue weighted by Crippen LogP contribution is 2.20. The van der Waals surface area contributed by atoms with Gasteiger partial charge in [0.2, 0.25) is 0 Å². The lowest BCUT2D eigenvalue weighted by Crippen LogP contribution is -2.21. The number of hydrogen-bond donors (Lipinski definition) is 0. The summed E-state index contributed by atoms with van der Waals surface area (Å²) in [6.07, 6.45) is 6.48.